The number of rotatable bonds is 7. The highest BCUT2D eigenvalue weighted by atomic mass is 16.6. The van der Waals surface area contributed by atoms with Crippen LogP contribution in [0.1, 0.15) is 13.8 Å². The van der Waals surface area contributed by atoms with Gasteiger partial charge in [-0.15, -0.1) is 0 Å². The molecule has 0 bridgehead atoms. The number of fused-ring (bicyclic) bond motifs is 1. The first-order valence-electron chi connectivity index (χ1n) is 7.23. The number of carbonyl (C=O) groups excluding carboxylic acids is 1. The molecule has 9 heteroatoms. The lowest BCUT2D eigenvalue weighted by Gasteiger charge is -2.14. The van der Waals surface area contributed by atoms with E-state index in [9.17, 15) is 9.59 Å². The Morgan fingerprint density at radius 2 is 2.17 bits per heavy atom. The lowest BCUT2D eigenvalue weighted by atomic mass is 10.1. The van der Waals surface area contributed by atoms with Gasteiger partial charge in [0, 0.05) is 6.07 Å². The summed E-state index contributed by atoms with van der Waals surface area (Å²) < 4.78 is 12.1. The van der Waals surface area contributed by atoms with Crippen molar-refractivity contribution in [1.29, 1.82) is 0 Å². The predicted octanol–water partition coefficient (Wildman–Crippen LogP) is -0.193. The third-order valence-corrected chi connectivity index (χ3v) is 3.34. The molecule has 1 atom stereocenters. The van der Waals surface area contributed by atoms with Crippen molar-refractivity contribution < 1.29 is 14.3 Å². The Labute approximate surface area is 132 Å². The summed E-state index contributed by atoms with van der Waals surface area (Å²) in [5, 5.41) is 0. The maximum atomic E-state index is 11.7. The second kappa shape index (κ2) is 7.25. The van der Waals surface area contributed by atoms with Gasteiger partial charge in [0.25, 0.3) is 5.56 Å². The number of anilines is 1. The molecule has 0 aromatic carbocycles. The summed E-state index contributed by atoms with van der Waals surface area (Å²) in [4.78, 5) is 29.7. The maximum absolute atomic E-state index is 11.7. The minimum absolute atomic E-state index is 0.0179. The molecule has 126 valence electrons. The first kappa shape index (κ1) is 17.0. The molecule has 2 rings (SSSR count). The molecule has 0 aliphatic heterocycles. The number of aromatic amines is 1. The van der Waals surface area contributed by atoms with Crippen LogP contribution in [-0.2, 0) is 21.0 Å². The third-order valence-electron chi connectivity index (χ3n) is 3.34. The Kier molecular flexibility index (Phi) is 5.35. The summed E-state index contributed by atoms with van der Waals surface area (Å²) in [6.07, 6.45) is 1.49. The molecule has 0 amide bonds. The standard InChI is InChI=1S/C14H21N5O4/c1-8(2)11(16)14(21)23-4-3-22-7-19-6-17-12-9(19)5-10(15)18-13(12)20/h5-6,8,11H,3-4,7,16H2,1-2H3,(H3,15,18,20)/t11-/m0/s1. The number of nitrogens with one attached hydrogen (secondary N) is 1. The van der Waals surface area contributed by atoms with Crippen LogP contribution in [0, 0.1) is 5.92 Å². The van der Waals surface area contributed by atoms with Crippen molar-refractivity contribution in [3.63, 3.8) is 0 Å². The molecule has 23 heavy (non-hydrogen) atoms. The molecule has 0 unspecified atom stereocenters. The van der Waals surface area contributed by atoms with E-state index in [2.05, 4.69) is 9.97 Å². The van der Waals surface area contributed by atoms with Crippen LogP contribution in [0.3, 0.4) is 0 Å². The lowest BCUT2D eigenvalue weighted by Crippen LogP contribution is -2.37. The number of hydrogen-bond acceptors (Lipinski definition) is 7. The Hall–Kier alpha value is -2.39. The Bertz CT molecular complexity index is 736. The van der Waals surface area contributed by atoms with Crippen LogP contribution in [0.5, 0.6) is 0 Å². The molecule has 5 N–H and O–H groups in total. The molecule has 0 saturated carbocycles. The highest BCUT2D eigenvalue weighted by Crippen LogP contribution is 2.10. The molecule has 9 nitrogen and oxygen atoms in total. The number of ether oxygens (including phenoxy) is 2. The zero-order valence-electron chi connectivity index (χ0n) is 13.1. The van der Waals surface area contributed by atoms with E-state index in [4.69, 9.17) is 20.9 Å². The van der Waals surface area contributed by atoms with Crippen LogP contribution in [0.15, 0.2) is 17.2 Å². The minimum atomic E-state index is -0.637. The normalized spacial score (nSPS) is 12.7. The van der Waals surface area contributed by atoms with Gasteiger partial charge in [0.1, 0.15) is 25.2 Å². The summed E-state index contributed by atoms with van der Waals surface area (Å²) in [6, 6.07) is 0.969. The van der Waals surface area contributed by atoms with E-state index in [1.165, 1.54) is 6.33 Å². The van der Waals surface area contributed by atoms with Crippen LogP contribution in [0.2, 0.25) is 0 Å². The fourth-order valence-electron chi connectivity index (χ4n) is 1.93. The van der Waals surface area contributed by atoms with Gasteiger partial charge in [-0.25, -0.2) is 4.98 Å². The van der Waals surface area contributed by atoms with Gasteiger partial charge in [-0.05, 0) is 5.92 Å². The van der Waals surface area contributed by atoms with Crippen molar-refractivity contribution in [3.05, 3.63) is 22.7 Å². The van der Waals surface area contributed by atoms with Gasteiger partial charge in [0.15, 0.2) is 5.52 Å². The third kappa shape index (κ3) is 4.08. The van der Waals surface area contributed by atoms with Crippen molar-refractivity contribution in [2.24, 2.45) is 11.7 Å². The van der Waals surface area contributed by atoms with Crippen LogP contribution in [0.4, 0.5) is 5.82 Å². The van der Waals surface area contributed by atoms with Gasteiger partial charge >= 0.3 is 5.97 Å². The molecular formula is C14H21N5O4. The largest absolute Gasteiger partial charge is 0.462 e. The summed E-state index contributed by atoms with van der Waals surface area (Å²) in [6.45, 7) is 4.16. The SMILES string of the molecule is CC(C)[C@H](N)C(=O)OCCOCn1cnc2c(=O)[nH]c(N)cc21. The Balaban J connectivity index is 1.84. The molecule has 0 aliphatic carbocycles. The van der Waals surface area contributed by atoms with Gasteiger partial charge in [-0.1, -0.05) is 13.8 Å². The van der Waals surface area contributed by atoms with Gasteiger partial charge < -0.3 is 30.5 Å². The number of pyridine rings is 1. The van der Waals surface area contributed by atoms with E-state index in [1.54, 1.807) is 10.6 Å². The second-order valence-electron chi connectivity index (χ2n) is 5.48. The lowest BCUT2D eigenvalue weighted by molar-refractivity contribution is -0.148. The second-order valence-corrected chi connectivity index (χ2v) is 5.48. The summed E-state index contributed by atoms with van der Waals surface area (Å²) in [5.74, 6) is -0.180. The van der Waals surface area contributed by atoms with E-state index in [0.717, 1.165) is 0 Å². The van der Waals surface area contributed by atoms with Crippen LogP contribution in [-0.4, -0.2) is 39.8 Å². The van der Waals surface area contributed by atoms with Crippen LogP contribution in [0.25, 0.3) is 11.0 Å². The number of carbonyl (C=O) groups is 1. The molecule has 0 spiro atoms. The van der Waals surface area contributed by atoms with Gasteiger partial charge in [0.2, 0.25) is 0 Å². The highest BCUT2D eigenvalue weighted by Gasteiger charge is 2.18. The van der Waals surface area contributed by atoms with Crippen molar-refractivity contribution in [2.45, 2.75) is 26.6 Å². The number of nitrogens with zero attached hydrogens (tertiary/aromatic N) is 2. The van der Waals surface area contributed by atoms with Gasteiger partial charge in [0.05, 0.1) is 18.5 Å². The first-order valence-corrected chi connectivity index (χ1v) is 7.23. The molecule has 2 aromatic rings. The molecule has 2 aromatic heterocycles. The number of H-pyrrole nitrogens is 1. The van der Waals surface area contributed by atoms with E-state index in [0.29, 0.717) is 5.52 Å². The molecule has 0 aliphatic rings. The van der Waals surface area contributed by atoms with Crippen LogP contribution < -0.4 is 17.0 Å². The fraction of sp³-hybridized carbons (Fsp3) is 0.500. The monoisotopic (exact) mass is 323 g/mol. The number of hydrogen-bond donors (Lipinski definition) is 3. The molecule has 0 saturated heterocycles. The molecule has 2 heterocycles. The zero-order chi connectivity index (χ0) is 17.0. The smallest absolute Gasteiger partial charge is 0.323 e. The quantitative estimate of drug-likeness (QED) is 0.474. The van der Waals surface area contributed by atoms with Crippen molar-refractivity contribution in [1.82, 2.24) is 14.5 Å². The summed E-state index contributed by atoms with van der Waals surface area (Å²) >= 11 is 0. The van der Waals surface area contributed by atoms with E-state index in [1.807, 2.05) is 13.8 Å². The summed E-state index contributed by atoms with van der Waals surface area (Å²) in [5.41, 5.74) is 11.8. The highest BCUT2D eigenvalue weighted by molar-refractivity contribution is 5.76. The topological polar surface area (TPSA) is 138 Å². The zero-order valence-corrected chi connectivity index (χ0v) is 13.1. The number of nitrogen functional groups attached to an aromatic ring is 1. The average molecular weight is 323 g/mol. The summed E-state index contributed by atoms with van der Waals surface area (Å²) in [7, 11) is 0. The van der Waals surface area contributed by atoms with Gasteiger partial charge in [-0.3, -0.25) is 9.59 Å². The maximum Gasteiger partial charge on any atom is 0.323 e. The Morgan fingerprint density at radius 1 is 1.43 bits per heavy atom. The van der Waals surface area contributed by atoms with E-state index >= 15 is 0 Å². The minimum Gasteiger partial charge on any atom is -0.462 e. The molecular weight excluding hydrogens is 302 g/mol. The number of aromatic nitrogens is 3. The number of imidazole rings is 1. The van der Waals surface area contributed by atoms with E-state index in [-0.39, 0.29) is 42.8 Å². The first-order chi connectivity index (χ1) is 10.9. The van der Waals surface area contributed by atoms with Crippen molar-refractivity contribution >= 4 is 22.8 Å². The van der Waals surface area contributed by atoms with Crippen molar-refractivity contribution in [2.75, 3.05) is 18.9 Å². The predicted molar refractivity (Wildman–Crippen MR) is 84.5 cm³/mol. The molecule has 0 fully saturated rings. The van der Waals surface area contributed by atoms with E-state index < -0.39 is 12.0 Å². The van der Waals surface area contributed by atoms with Crippen molar-refractivity contribution in [3.8, 4) is 0 Å². The van der Waals surface area contributed by atoms with Crippen LogP contribution >= 0.6 is 0 Å². The Morgan fingerprint density at radius 3 is 2.87 bits per heavy atom. The van der Waals surface area contributed by atoms with Gasteiger partial charge in [-0.2, -0.15) is 0 Å². The average Bonchev–Trinajstić information content (AvgIpc) is 2.89. The fourth-order valence-corrected chi connectivity index (χ4v) is 1.93. The number of esters is 1. The molecule has 0 radical (unpaired) electrons. The number of nitrogens with two attached hydrogens (primary N) is 2.